The van der Waals surface area contributed by atoms with E-state index in [1.807, 2.05) is 30.3 Å². The summed E-state index contributed by atoms with van der Waals surface area (Å²) in [6.07, 6.45) is 3.10. The van der Waals surface area contributed by atoms with E-state index in [-0.39, 0.29) is 35.9 Å². The molecule has 1 aliphatic carbocycles. The molecule has 2 aliphatic rings. The average Bonchev–Trinajstić information content (AvgIpc) is 2.80. The molecule has 2 N–H and O–H groups in total. The van der Waals surface area contributed by atoms with E-state index in [2.05, 4.69) is 31.4 Å². The van der Waals surface area contributed by atoms with E-state index in [9.17, 15) is 9.59 Å². The molecule has 1 saturated carbocycles. The van der Waals surface area contributed by atoms with Crippen LogP contribution in [0.25, 0.3) is 0 Å². The molecule has 2 aromatic rings. The van der Waals surface area contributed by atoms with Crippen LogP contribution < -0.4 is 10.6 Å². The van der Waals surface area contributed by atoms with Crippen LogP contribution in [-0.2, 0) is 14.3 Å². The van der Waals surface area contributed by atoms with Gasteiger partial charge in [-0.3, -0.25) is 9.59 Å². The highest BCUT2D eigenvalue weighted by Gasteiger charge is 2.46. The molecule has 4 atom stereocenters. The van der Waals surface area contributed by atoms with Crippen LogP contribution >= 0.6 is 0 Å². The monoisotopic (exact) mass is 445 g/mol. The zero-order valence-corrected chi connectivity index (χ0v) is 19.4. The van der Waals surface area contributed by atoms with Gasteiger partial charge in [-0.1, -0.05) is 39.0 Å². The second kappa shape index (κ2) is 9.27. The number of fused-ring (bicyclic) bond motifs is 2. The zero-order chi connectivity index (χ0) is 23.6. The van der Waals surface area contributed by atoms with Gasteiger partial charge in [-0.05, 0) is 72.4 Å². The third kappa shape index (κ3) is 5.03. The third-order valence-electron chi connectivity index (χ3n) is 7.09. The number of hydrogen-bond donors (Lipinski definition) is 2. The Labute approximate surface area is 195 Å². The van der Waals surface area contributed by atoms with Crippen molar-refractivity contribution in [2.45, 2.75) is 52.0 Å². The summed E-state index contributed by atoms with van der Waals surface area (Å²) in [7, 11) is 0. The average molecular weight is 446 g/mol. The van der Waals surface area contributed by atoms with E-state index >= 15 is 0 Å². The fourth-order valence-corrected chi connectivity index (χ4v) is 5.22. The van der Waals surface area contributed by atoms with Gasteiger partial charge in [0.25, 0.3) is 5.91 Å². The molecule has 0 bridgehead atoms. The molecule has 1 amide bonds. The van der Waals surface area contributed by atoms with Gasteiger partial charge in [0.05, 0.1) is 17.6 Å². The number of esters is 1. The summed E-state index contributed by atoms with van der Waals surface area (Å²) in [5.41, 5.74) is 3.18. The number of hydrogen-bond acceptors (Lipinski definition) is 5. The van der Waals surface area contributed by atoms with Crippen LogP contribution in [-0.4, -0.2) is 24.5 Å². The summed E-state index contributed by atoms with van der Waals surface area (Å²) in [6, 6.07) is 16.7. The molecule has 4 rings (SSSR count). The minimum Gasteiger partial charge on any atom is -0.455 e. The molecule has 4 unspecified atom stereocenters. The molecule has 6 nitrogen and oxygen atoms in total. The van der Waals surface area contributed by atoms with Crippen molar-refractivity contribution >= 4 is 23.3 Å². The second-order valence-electron chi connectivity index (χ2n) is 10.2. The Bertz CT molecular complexity index is 1070. The molecule has 0 saturated heterocycles. The number of ether oxygens (including phenoxy) is 1. The summed E-state index contributed by atoms with van der Waals surface area (Å²) < 4.78 is 5.56. The van der Waals surface area contributed by atoms with Crippen molar-refractivity contribution < 1.29 is 14.3 Å². The first-order valence-electron chi connectivity index (χ1n) is 11.6. The minimum atomic E-state index is -0.400. The maximum atomic E-state index is 13.3. The first-order chi connectivity index (χ1) is 15.8. The molecule has 0 aromatic heterocycles. The van der Waals surface area contributed by atoms with Crippen LogP contribution in [0, 0.1) is 28.6 Å². The number of carbonyl (C=O) groups excluding carboxylic acids is 2. The van der Waals surface area contributed by atoms with Crippen LogP contribution in [0.15, 0.2) is 48.5 Å². The van der Waals surface area contributed by atoms with Crippen molar-refractivity contribution in [1.82, 2.24) is 0 Å². The summed E-state index contributed by atoms with van der Waals surface area (Å²) in [6.45, 7) is 6.46. The predicted octanol–water partition coefficient (Wildman–Crippen LogP) is 5.08. The third-order valence-corrected chi connectivity index (χ3v) is 7.09. The quantitative estimate of drug-likeness (QED) is 0.641. The highest BCUT2D eigenvalue weighted by atomic mass is 16.5. The fraction of sp³-hybridized carbons (Fsp3) is 0.444. The zero-order valence-electron chi connectivity index (χ0n) is 19.4. The molecule has 0 spiro atoms. The van der Waals surface area contributed by atoms with Crippen LogP contribution in [0.5, 0.6) is 0 Å². The number of nitriles is 1. The summed E-state index contributed by atoms with van der Waals surface area (Å²) in [4.78, 5) is 25.7. The summed E-state index contributed by atoms with van der Waals surface area (Å²) in [5.74, 6) is -0.473. The highest BCUT2D eigenvalue weighted by Crippen LogP contribution is 2.49. The minimum absolute atomic E-state index is 0.131. The lowest BCUT2D eigenvalue weighted by Crippen LogP contribution is -2.46. The lowest BCUT2D eigenvalue weighted by atomic mass is 9.62. The van der Waals surface area contributed by atoms with Gasteiger partial charge in [-0.25, -0.2) is 0 Å². The second-order valence-corrected chi connectivity index (χ2v) is 10.2. The molecule has 1 fully saturated rings. The Balaban J connectivity index is 1.47. The van der Waals surface area contributed by atoms with Gasteiger partial charge < -0.3 is 15.4 Å². The number of benzene rings is 2. The highest BCUT2D eigenvalue weighted by molar-refractivity contribution is 5.93. The Morgan fingerprint density at radius 1 is 1.12 bits per heavy atom. The molecule has 6 heteroatoms. The number of anilines is 2. The lowest BCUT2D eigenvalue weighted by Gasteiger charge is -2.47. The Morgan fingerprint density at radius 3 is 2.55 bits per heavy atom. The van der Waals surface area contributed by atoms with E-state index in [0.717, 1.165) is 30.5 Å². The largest absolute Gasteiger partial charge is 0.455 e. The number of nitrogens with zero attached hydrogens (tertiary/aromatic N) is 1. The van der Waals surface area contributed by atoms with Crippen molar-refractivity contribution in [2.75, 3.05) is 17.2 Å². The number of para-hydroxylation sites is 1. The topological polar surface area (TPSA) is 91.2 Å². The molecule has 1 heterocycles. The smallest absolute Gasteiger partial charge is 0.314 e. The number of amides is 1. The van der Waals surface area contributed by atoms with Gasteiger partial charge in [-0.2, -0.15) is 5.26 Å². The molecular weight excluding hydrogens is 414 g/mol. The molecular formula is C27H31N3O3. The first-order valence-corrected chi connectivity index (χ1v) is 11.6. The SMILES string of the molecule is CC(C)(C)C1CCC2Nc3ccccc3C(C(=O)OCC(=O)Nc3ccc(C#N)cc3)C2C1. The van der Waals surface area contributed by atoms with E-state index in [1.165, 1.54) is 0 Å². The van der Waals surface area contributed by atoms with E-state index in [1.54, 1.807) is 24.3 Å². The van der Waals surface area contributed by atoms with Crippen LogP contribution in [0.2, 0.25) is 0 Å². The molecule has 172 valence electrons. The van der Waals surface area contributed by atoms with Gasteiger partial charge >= 0.3 is 5.97 Å². The van der Waals surface area contributed by atoms with E-state index in [0.29, 0.717) is 17.2 Å². The van der Waals surface area contributed by atoms with Crippen molar-refractivity contribution in [3.63, 3.8) is 0 Å². The van der Waals surface area contributed by atoms with E-state index in [4.69, 9.17) is 10.00 Å². The fourth-order valence-electron chi connectivity index (χ4n) is 5.22. The van der Waals surface area contributed by atoms with Gasteiger partial charge in [0, 0.05) is 17.4 Å². The Morgan fingerprint density at radius 2 is 1.85 bits per heavy atom. The summed E-state index contributed by atoms with van der Waals surface area (Å²) in [5, 5.41) is 15.3. The number of nitrogens with one attached hydrogen (secondary N) is 2. The van der Waals surface area contributed by atoms with Crippen LogP contribution in [0.3, 0.4) is 0 Å². The lowest BCUT2D eigenvalue weighted by molar-refractivity contribution is -0.151. The van der Waals surface area contributed by atoms with E-state index < -0.39 is 5.91 Å². The Hall–Kier alpha value is -3.33. The van der Waals surface area contributed by atoms with Crippen molar-refractivity contribution in [3.8, 4) is 6.07 Å². The van der Waals surface area contributed by atoms with Gasteiger partial charge in [-0.15, -0.1) is 0 Å². The predicted molar refractivity (Wildman–Crippen MR) is 128 cm³/mol. The van der Waals surface area contributed by atoms with Gasteiger partial charge in [0.1, 0.15) is 0 Å². The maximum absolute atomic E-state index is 13.3. The standard InChI is InChI=1S/C27H31N3O3/c1-27(2,3)18-10-13-23-21(14-18)25(20-6-4-5-7-22(20)30-23)26(32)33-16-24(31)29-19-11-8-17(15-28)9-12-19/h4-9,11-12,18,21,23,25,30H,10,13-14,16H2,1-3H3,(H,29,31). The maximum Gasteiger partial charge on any atom is 0.314 e. The van der Waals surface area contributed by atoms with Crippen molar-refractivity contribution in [1.29, 1.82) is 5.26 Å². The number of rotatable bonds is 4. The van der Waals surface area contributed by atoms with Crippen LogP contribution in [0.1, 0.15) is 57.1 Å². The Kier molecular flexibility index (Phi) is 6.42. The normalized spacial score (nSPS) is 23.8. The van der Waals surface area contributed by atoms with Crippen molar-refractivity contribution in [2.24, 2.45) is 17.3 Å². The van der Waals surface area contributed by atoms with Gasteiger partial charge in [0.15, 0.2) is 6.61 Å². The molecule has 2 aromatic carbocycles. The molecule has 33 heavy (non-hydrogen) atoms. The molecule has 1 aliphatic heterocycles. The molecule has 0 radical (unpaired) electrons. The summed E-state index contributed by atoms with van der Waals surface area (Å²) >= 11 is 0. The first kappa shape index (κ1) is 22.8. The number of carbonyl (C=O) groups is 2. The van der Waals surface area contributed by atoms with Crippen LogP contribution in [0.4, 0.5) is 11.4 Å². The van der Waals surface area contributed by atoms with Gasteiger partial charge in [0.2, 0.25) is 0 Å². The van der Waals surface area contributed by atoms with Crippen molar-refractivity contribution in [3.05, 3.63) is 59.7 Å².